The molecule has 0 saturated carbocycles. The lowest BCUT2D eigenvalue weighted by atomic mass is 10.1. The van der Waals surface area contributed by atoms with Gasteiger partial charge in [-0.15, -0.1) is 11.3 Å². The summed E-state index contributed by atoms with van der Waals surface area (Å²) in [7, 11) is 0. The normalized spacial score (nSPS) is 14.6. The van der Waals surface area contributed by atoms with Crippen molar-refractivity contribution < 1.29 is 4.79 Å². The van der Waals surface area contributed by atoms with Crippen molar-refractivity contribution in [2.75, 3.05) is 13.1 Å². The molecule has 7 nitrogen and oxygen atoms in total. The Labute approximate surface area is 188 Å². The molecule has 0 unspecified atom stereocenters. The van der Waals surface area contributed by atoms with Gasteiger partial charge in [0.15, 0.2) is 0 Å². The first kappa shape index (κ1) is 20.1. The van der Waals surface area contributed by atoms with Gasteiger partial charge < -0.3 is 0 Å². The van der Waals surface area contributed by atoms with Crippen molar-refractivity contribution in [1.82, 2.24) is 30.0 Å². The first-order valence-corrected chi connectivity index (χ1v) is 11.4. The fourth-order valence-electron chi connectivity index (χ4n) is 3.87. The van der Waals surface area contributed by atoms with Gasteiger partial charge in [-0.3, -0.25) is 9.80 Å². The molecule has 0 aliphatic carbocycles. The number of hydrogen-bond acceptors (Lipinski definition) is 6. The van der Waals surface area contributed by atoms with Gasteiger partial charge in [0.05, 0.1) is 38.9 Å². The smallest absolute Gasteiger partial charge is 0.270 e. The van der Waals surface area contributed by atoms with Crippen LogP contribution in [0.1, 0.15) is 34.3 Å². The second-order valence-electron chi connectivity index (χ2n) is 7.41. The average molecular weight is 453 g/mol. The van der Waals surface area contributed by atoms with Crippen LogP contribution in [0, 0.1) is 0 Å². The Morgan fingerprint density at radius 3 is 2.77 bits per heavy atom. The number of benzene rings is 2. The first-order chi connectivity index (χ1) is 15.1. The molecule has 1 amide bonds. The van der Waals surface area contributed by atoms with Gasteiger partial charge in [-0.2, -0.15) is 15.0 Å². The van der Waals surface area contributed by atoms with E-state index in [1.807, 2.05) is 5.01 Å². The highest BCUT2D eigenvalue weighted by Gasteiger charge is 2.30. The highest BCUT2D eigenvalue weighted by Crippen LogP contribution is 2.27. The van der Waals surface area contributed by atoms with Crippen molar-refractivity contribution in [2.45, 2.75) is 26.3 Å². The molecule has 158 valence electrons. The zero-order valence-corrected chi connectivity index (χ0v) is 18.6. The lowest BCUT2D eigenvalue weighted by Crippen LogP contribution is -2.41. The van der Waals surface area contributed by atoms with Gasteiger partial charge in [-0.25, -0.2) is 9.99 Å². The lowest BCUT2D eigenvalue weighted by molar-refractivity contribution is 0.0170. The van der Waals surface area contributed by atoms with Crippen LogP contribution in [-0.4, -0.2) is 49.0 Å². The third kappa shape index (κ3) is 3.94. The molecule has 0 spiro atoms. The van der Waals surface area contributed by atoms with Crippen molar-refractivity contribution in [3.05, 3.63) is 69.9 Å². The van der Waals surface area contributed by atoms with Crippen molar-refractivity contribution in [3.8, 4) is 5.69 Å². The molecule has 0 radical (unpaired) electrons. The minimum atomic E-state index is -0.0977. The molecule has 31 heavy (non-hydrogen) atoms. The summed E-state index contributed by atoms with van der Waals surface area (Å²) in [5, 5.41) is 13.9. The van der Waals surface area contributed by atoms with Crippen LogP contribution < -0.4 is 0 Å². The predicted octanol–water partition coefficient (Wildman–Crippen LogP) is 4.36. The molecule has 5 rings (SSSR count). The molecule has 2 aromatic carbocycles. The van der Waals surface area contributed by atoms with Crippen LogP contribution in [0.15, 0.2) is 48.8 Å². The van der Waals surface area contributed by atoms with E-state index in [2.05, 4.69) is 45.3 Å². The van der Waals surface area contributed by atoms with Crippen LogP contribution in [0.3, 0.4) is 0 Å². The number of hydrogen-bond donors (Lipinski definition) is 0. The molecule has 3 heterocycles. The summed E-state index contributed by atoms with van der Waals surface area (Å²) in [6.07, 6.45) is 5.04. The predicted molar refractivity (Wildman–Crippen MR) is 121 cm³/mol. The topological polar surface area (TPSA) is 67.2 Å². The number of aromatic nitrogens is 4. The van der Waals surface area contributed by atoms with Crippen molar-refractivity contribution in [3.63, 3.8) is 0 Å². The first-order valence-electron chi connectivity index (χ1n) is 10.2. The highest BCUT2D eigenvalue weighted by molar-refractivity contribution is 7.18. The number of rotatable bonds is 5. The second kappa shape index (κ2) is 8.37. The van der Waals surface area contributed by atoms with Crippen molar-refractivity contribution >= 4 is 39.1 Å². The summed E-state index contributed by atoms with van der Waals surface area (Å²) in [6, 6.07) is 11.6. The molecule has 0 atom stereocenters. The number of halogens is 1. The van der Waals surface area contributed by atoms with Crippen LogP contribution in [-0.2, 0) is 13.0 Å². The van der Waals surface area contributed by atoms with Gasteiger partial charge in [-0.1, -0.05) is 24.6 Å². The summed E-state index contributed by atoms with van der Waals surface area (Å²) in [4.78, 5) is 19.6. The number of nitrogens with zero attached hydrogens (tertiary/aromatic N) is 6. The molecule has 0 bridgehead atoms. The Morgan fingerprint density at radius 2 is 1.97 bits per heavy atom. The van der Waals surface area contributed by atoms with Gasteiger partial charge >= 0.3 is 0 Å². The molecule has 1 saturated heterocycles. The number of carbonyl (C=O) groups is 1. The van der Waals surface area contributed by atoms with Crippen LogP contribution in [0.25, 0.3) is 15.9 Å². The standard InChI is InChI=1S/C22H21ClN6OS/c1-2-21-26-18-6-4-15(12-20(18)31-21)14-27-10-3-11-28(27)22(30)17-13-16(23)5-7-19(17)29-24-8-9-25-29/h4-9,12-13H,2-3,10-11,14H2,1H3. The Morgan fingerprint density at radius 1 is 1.13 bits per heavy atom. The SMILES string of the molecule is CCc1nc2ccc(CN3CCCN3C(=O)c3cc(Cl)ccc3-n3nccn3)cc2s1. The van der Waals surface area contributed by atoms with Crippen LogP contribution >= 0.6 is 22.9 Å². The zero-order valence-electron chi connectivity index (χ0n) is 17.0. The van der Waals surface area contributed by atoms with E-state index in [-0.39, 0.29) is 5.91 Å². The van der Waals surface area contributed by atoms with E-state index >= 15 is 0 Å². The van der Waals surface area contributed by atoms with Crippen LogP contribution in [0.5, 0.6) is 0 Å². The zero-order chi connectivity index (χ0) is 21.4. The van der Waals surface area contributed by atoms with Gasteiger partial charge in [0, 0.05) is 24.7 Å². The average Bonchev–Trinajstić information content (AvgIpc) is 3.53. The van der Waals surface area contributed by atoms with Gasteiger partial charge in [0.1, 0.15) is 0 Å². The molecule has 4 aromatic rings. The minimum Gasteiger partial charge on any atom is -0.271 e. The maximum absolute atomic E-state index is 13.5. The summed E-state index contributed by atoms with van der Waals surface area (Å²) >= 11 is 7.96. The molecule has 9 heteroatoms. The monoisotopic (exact) mass is 452 g/mol. The van der Waals surface area contributed by atoms with Crippen molar-refractivity contribution in [2.24, 2.45) is 0 Å². The number of aryl methyl sites for hydroxylation is 1. The van der Waals surface area contributed by atoms with E-state index in [0.29, 0.717) is 29.4 Å². The second-order valence-corrected chi connectivity index (χ2v) is 8.96. The minimum absolute atomic E-state index is 0.0977. The lowest BCUT2D eigenvalue weighted by Gasteiger charge is -2.28. The van der Waals surface area contributed by atoms with E-state index < -0.39 is 0 Å². The molecule has 1 fully saturated rings. The van der Waals surface area contributed by atoms with Gasteiger partial charge in [0.25, 0.3) is 5.91 Å². The van der Waals surface area contributed by atoms with Crippen molar-refractivity contribution in [1.29, 1.82) is 0 Å². The molecule has 1 aliphatic rings. The number of carbonyl (C=O) groups excluding carboxylic acids is 1. The van der Waals surface area contributed by atoms with Gasteiger partial charge in [0.2, 0.25) is 0 Å². The number of thiazole rings is 1. The fourth-order valence-corrected chi connectivity index (χ4v) is 5.01. The third-order valence-corrected chi connectivity index (χ3v) is 6.75. The quantitative estimate of drug-likeness (QED) is 0.450. The van der Waals surface area contributed by atoms with E-state index in [4.69, 9.17) is 11.6 Å². The fraction of sp³-hybridized carbons (Fsp3) is 0.273. The maximum Gasteiger partial charge on any atom is 0.270 e. The summed E-state index contributed by atoms with van der Waals surface area (Å²) in [5.41, 5.74) is 3.30. The molecular formula is C22H21ClN6OS. The van der Waals surface area contributed by atoms with E-state index in [9.17, 15) is 4.79 Å². The summed E-state index contributed by atoms with van der Waals surface area (Å²) in [5.74, 6) is -0.0977. The molecule has 1 aliphatic heterocycles. The van der Waals surface area contributed by atoms with E-state index in [0.717, 1.165) is 29.9 Å². The van der Waals surface area contributed by atoms with E-state index in [1.165, 1.54) is 15.1 Å². The largest absolute Gasteiger partial charge is 0.271 e. The molecule has 2 aromatic heterocycles. The number of fused-ring (bicyclic) bond motifs is 1. The van der Waals surface area contributed by atoms with Crippen LogP contribution in [0.2, 0.25) is 5.02 Å². The van der Waals surface area contributed by atoms with Crippen LogP contribution in [0.4, 0.5) is 0 Å². The molecular weight excluding hydrogens is 432 g/mol. The molecule has 0 N–H and O–H groups in total. The summed E-state index contributed by atoms with van der Waals surface area (Å²) in [6.45, 7) is 4.27. The summed E-state index contributed by atoms with van der Waals surface area (Å²) < 4.78 is 1.19. The highest BCUT2D eigenvalue weighted by atomic mass is 35.5. The Balaban J connectivity index is 1.42. The number of hydrazine groups is 1. The Bertz CT molecular complexity index is 1240. The number of amides is 1. The van der Waals surface area contributed by atoms with E-state index in [1.54, 1.807) is 41.9 Å². The third-order valence-electron chi connectivity index (χ3n) is 5.35. The Kier molecular flexibility index (Phi) is 5.43. The maximum atomic E-state index is 13.5. The van der Waals surface area contributed by atoms with Gasteiger partial charge in [-0.05, 0) is 48.7 Å². The Hall–Kier alpha value is -2.81.